The minimum atomic E-state index is -0.965. The molecule has 17 heavy (non-hydrogen) atoms. The van der Waals surface area contributed by atoms with Gasteiger partial charge in [0.05, 0.1) is 0 Å². The first kappa shape index (κ1) is 17.1. The third-order valence-electron chi connectivity index (χ3n) is 2.07. The molecular weight excluding hydrogens is 759 g/mol. The van der Waals surface area contributed by atoms with E-state index in [0.717, 1.165) is 0 Å². The zero-order chi connectivity index (χ0) is 13.3. The molecule has 2 saturated heterocycles. The van der Waals surface area contributed by atoms with Crippen molar-refractivity contribution in [3.63, 3.8) is 0 Å². The third-order valence-corrected chi connectivity index (χ3v) is 12.4. The highest BCUT2D eigenvalue weighted by Gasteiger charge is 2.74. The molecule has 4 atom stereocenters. The van der Waals surface area contributed by atoms with Crippen molar-refractivity contribution in [3.8, 4) is 0 Å². The van der Waals surface area contributed by atoms with E-state index >= 15 is 0 Å². The quantitative estimate of drug-likeness (QED) is 0.278. The van der Waals surface area contributed by atoms with Crippen LogP contribution in [0.5, 0.6) is 0 Å². The fourth-order valence-electron chi connectivity index (χ4n) is 0.935. The van der Waals surface area contributed by atoms with E-state index in [1.54, 1.807) is 0 Å². The van der Waals surface area contributed by atoms with Crippen molar-refractivity contribution in [1.82, 2.24) is 0 Å². The van der Waals surface area contributed by atoms with Gasteiger partial charge < -0.3 is 14.2 Å². The molecule has 0 saturated carbocycles. The number of hydrogen-bond donors (Lipinski definition) is 0. The summed E-state index contributed by atoms with van der Waals surface area (Å²) in [5, 5.41) is -0.341. The predicted octanol–water partition coefficient (Wildman–Crippen LogP) is 5.58. The molecule has 0 spiro atoms. The first-order chi connectivity index (χ1) is 7.46. The van der Waals surface area contributed by atoms with Crippen molar-refractivity contribution in [1.29, 1.82) is 0 Å². The molecule has 2 fully saturated rings. The van der Waals surface area contributed by atoms with Crippen LogP contribution in [-0.4, -0.2) is 25.9 Å². The lowest BCUT2D eigenvalue weighted by atomic mass is 10.5. The topological polar surface area (TPSA) is 34.3 Å². The van der Waals surface area contributed by atoms with Crippen molar-refractivity contribution >= 4 is 127 Å². The van der Waals surface area contributed by atoms with E-state index in [9.17, 15) is 0 Å². The highest BCUT2D eigenvalue weighted by Crippen LogP contribution is 2.67. The molecule has 0 N–H and O–H groups in total. The van der Waals surface area contributed by atoms with Crippen LogP contribution in [0.25, 0.3) is 0 Å². The van der Waals surface area contributed by atoms with E-state index < -0.39 is 15.9 Å². The van der Waals surface area contributed by atoms with Gasteiger partial charge in [-0.2, -0.15) is 0 Å². The minimum absolute atomic E-state index is 0.171. The summed E-state index contributed by atoms with van der Waals surface area (Å²) in [6, 6.07) is 0. The smallest absolute Gasteiger partial charge is 0.222 e. The molecule has 0 aromatic heterocycles. The van der Waals surface area contributed by atoms with Gasteiger partial charge in [0.1, 0.15) is 0 Å². The van der Waals surface area contributed by atoms with E-state index in [-0.39, 0.29) is 10.0 Å². The zero-order valence-corrected chi connectivity index (χ0v) is 20.1. The molecule has 2 rings (SSSR count). The van der Waals surface area contributed by atoms with E-state index in [1.807, 2.05) is 0 Å². The van der Waals surface area contributed by atoms with Crippen LogP contribution in [0, 0.1) is 0 Å². The standard InChI is InChI=1S/C6H2Br8O3/c7-1-3(9,15-1)5(11,12)17-6(13,14)4(10)2(8)16-4/h1-2H. The molecule has 0 radical (unpaired) electrons. The summed E-state index contributed by atoms with van der Waals surface area (Å²) in [7, 11) is 0. The van der Waals surface area contributed by atoms with Gasteiger partial charge in [-0.15, -0.1) is 0 Å². The lowest BCUT2D eigenvalue weighted by molar-refractivity contribution is 0.0223. The summed E-state index contributed by atoms with van der Waals surface area (Å²) in [6.07, 6.45) is 0. The maximum absolute atomic E-state index is 5.88. The average molecular weight is 761 g/mol. The van der Waals surface area contributed by atoms with Crippen LogP contribution in [0.15, 0.2) is 0 Å². The second-order valence-electron chi connectivity index (χ2n) is 3.29. The first-order valence-electron chi connectivity index (χ1n) is 3.94. The summed E-state index contributed by atoms with van der Waals surface area (Å²) in [5.41, 5.74) is 0. The Morgan fingerprint density at radius 2 is 1.06 bits per heavy atom. The molecule has 3 nitrogen and oxygen atoms in total. The van der Waals surface area contributed by atoms with Crippen LogP contribution < -0.4 is 0 Å². The van der Waals surface area contributed by atoms with Gasteiger partial charge in [-0.25, -0.2) is 0 Å². The Morgan fingerprint density at radius 3 is 1.24 bits per heavy atom. The summed E-state index contributed by atoms with van der Waals surface area (Å²) in [5.74, 6) is 0. The Labute approximate surface area is 165 Å². The predicted molar refractivity (Wildman–Crippen MR) is 93.2 cm³/mol. The van der Waals surface area contributed by atoms with Gasteiger partial charge in [0.25, 0.3) is 0 Å². The van der Waals surface area contributed by atoms with Gasteiger partial charge in [0.2, 0.25) is 15.9 Å². The molecule has 0 aliphatic carbocycles. The van der Waals surface area contributed by atoms with Crippen LogP contribution >= 0.6 is 127 Å². The molecule has 0 amide bonds. The van der Waals surface area contributed by atoms with Gasteiger partial charge in [0, 0.05) is 0 Å². The molecule has 0 aromatic carbocycles. The lowest BCUT2D eigenvalue weighted by Gasteiger charge is -2.33. The van der Waals surface area contributed by atoms with E-state index in [1.165, 1.54) is 0 Å². The van der Waals surface area contributed by atoms with Gasteiger partial charge in [-0.3, -0.25) is 0 Å². The fourth-order valence-corrected chi connectivity index (χ4v) is 7.48. The normalized spacial score (nSPS) is 45.9. The highest BCUT2D eigenvalue weighted by atomic mass is 79.9. The van der Waals surface area contributed by atoms with Crippen LogP contribution in [-0.2, 0) is 14.2 Å². The van der Waals surface area contributed by atoms with Gasteiger partial charge in [-0.05, 0) is 95.6 Å². The van der Waals surface area contributed by atoms with Crippen LogP contribution in [0.1, 0.15) is 0 Å². The van der Waals surface area contributed by atoms with Crippen molar-refractivity contribution in [2.75, 3.05) is 0 Å². The lowest BCUT2D eigenvalue weighted by Crippen LogP contribution is -2.44. The van der Waals surface area contributed by atoms with Gasteiger partial charge >= 0.3 is 0 Å². The fraction of sp³-hybridized carbons (Fsp3) is 1.00. The number of rotatable bonds is 4. The minimum Gasteiger partial charge on any atom is -0.336 e. The maximum atomic E-state index is 5.88. The number of ether oxygens (including phenoxy) is 3. The molecule has 2 aliphatic rings. The summed E-state index contributed by atoms with van der Waals surface area (Å²) in [6.45, 7) is 0. The Bertz CT molecular complexity index is 318. The molecule has 4 unspecified atom stereocenters. The van der Waals surface area contributed by atoms with Crippen LogP contribution in [0.2, 0.25) is 0 Å². The number of halogens is 8. The third kappa shape index (κ3) is 2.96. The Balaban J connectivity index is 2.11. The van der Waals surface area contributed by atoms with Crippen LogP contribution in [0.3, 0.4) is 0 Å². The Morgan fingerprint density at radius 1 is 0.824 bits per heavy atom. The van der Waals surface area contributed by atoms with Crippen molar-refractivity contribution in [2.24, 2.45) is 0 Å². The molecule has 2 heterocycles. The second kappa shape index (κ2) is 5.13. The molecule has 0 aromatic rings. The van der Waals surface area contributed by atoms with E-state index in [2.05, 4.69) is 127 Å². The zero-order valence-electron chi connectivity index (χ0n) is 7.40. The SMILES string of the molecule is BrC1OC1(Br)C(Br)(Br)OC(Br)(Br)C1(Br)OC1Br. The number of hydrogen-bond acceptors (Lipinski definition) is 3. The monoisotopic (exact) mass is 753 g/mol. The van der Waals surface area contributed by atoms with Crippen molar-refractivity contribution in [3.05, 3.63) is 0 Å². The molecule has 11 heteroatoms. The first-order valence-corrected chi connectivity index (χ1v) is 10.5. The summed E-state index contributed by atoms with van der Waals surface area (Å²) in [4.78, 5) is 0. The second-order valence-corrected chi connectivity index (χ2v) is 13.9. The number of alkyl halides is 8. The number of epoxide rings is 2. The van der Waals surface area contributed by atoms with Crippen molar-refractivity contribution < 1.29 is 14.2 Å². The maximum Gasteiger partial charge on any atom is 0.222 e. The summed E-state index contributed by atoms with van der Waals surface area (Å²) < 4.78 is 13.3. The van der Waals surface area contributed by atoms with Crippen LogP contribution in [0.4, 0.5) is 0 Å². The largest absolute Gasteiger partial charge is 0.336 e. The Hall–Kier alpha value is 3.72. The average Bonchev–Trinajstić information content (AvgIpc) is 2.92. The molecular formula is C6H2Br8O3. The molecule has 100 valence electrons. The Kier molecular flexibility index (Phi) is 5.15. The summed E-state index contributed by atoms with van der Waals surface area (Å²) >= 11 is 27.2. The van der Waals surface area contributed by atoms with Gasteiger partial charge in [0.15, 0.2) is 10.0 Å². The molecule has 0 bridgehead atoms. The van der Waals surface area contributed by atoms with Crippen molar-refractivity contribution in [2.45, 2.75) is 25.9 Å². The van der Waals surface area contributed by atoms with Gasteiger partial charge in [-0.1, -0.05) is 31.9 Å². The highest BCUT2D eigenvalue weighted by molar-refractivity contribution is 9.27. The molecule has 2 aliphatic heterocycles. The van der Waals surface area contributed by atoms with E-state index in [0.29, 0.717) is 0 Å². The van der Waals surface area contributed by atoms with E-state index in [4.69, 9.17) is 14.2 Å².